The van der Waals surface area contributed by atoms with Crippen molar-refractivity contribution in [3.63, 3.8) is 0 Å². The van der Waals surface area contributed by atoms with Gasteiger partial charge < -0.3 is 15.8 Å². The Morgan fingerprint density at radius 1 is 1.67 bits per heavy atom. The van der Waals surface area contributed by atoms with Gasteiger partial charge in [0.2, 0.25) is 0 Å². The number of aromatic nitrogens is 1. The number of hydrogen-bond donors (Lipinski definition) is 1. The van der Waals surface area contributed by atoms with E-state index in [9.17, 15) is 10.1 Å². The molecular weight excluding hydrogens is 158 g/mol. The van der Waals surface area contributed by atoms with E-state index in [0.717, 1.165) is 5.56 Å². The smallest absolute Gasteiger partial charge is 0.358 e. The van der Waals surface area contributed by atoms with Crippen molar-refractivity contribution in [2.45, 2.75) is 13.5 Å². The highest BCUT2D eigenvalue weighted by Crippen LogP contribution is 2.11. The van der Waals surface area contributed by atoms with Crippen LogP contribution in [0.25, 0.3) is 0 Å². The second kappa shape index (κ2) is 3.27. The van der Waals surface area contributed by atoms with Crippen molar-refractivity contribution in [2.75, 3.05) is 0 Å². The van der Waals surface area contributed by atoms with E-state index in [4.69, 9.17) is 5.73 Å². The molecule has 0 spiro atoms. The summed E-state index contributed by atoms with van der Waals surface area (Å²) in [5.74, 6) is -0.143. The lowest BCUT2D eigenvalue weighted by Crippen LogP contribution is -2.00. The minimum absolute atomic E-state index is 0.143. The Hall–Kier alpha value is -1.49. The summed E-state index contributed by atoms with van der Waals surface area (Å²) in [6.07, 6.45) is 0. The lowest BCUT2D eigenvalue weighted by atomic mass is 10.2. The Morgan fingerprint density at radius 3 is 2.83 bits per heavy atom. The Morgan fingerprint density at radius 2 is 2.33 bits per heavy atom. The van der Waals surface area contributed by atoms with Crippen LogP contribution in [0.4, 0.5) is 5.82 Å². The topological polar surface area (TPSA) is 82.0 Å². The van der Waals surface area contributed by atoms with E-state index in [-0.39, 0.29) is 5.82 Å². The van der Waals surface area contributed by atoms with E-state index in [1.54, 1.807) is 13.0 Å². The minimum atomic E-state index is -0.522. The zero-order chi connectivity index (χ0) is 9.14. The Balaban J connectivity index is 3.15. The van der Waals surface area contributed by atoms with Crippen LogP contribution >= 0.6 is 0 Å². The molecule has 0 aromatic carbocycles. The number of aryl methyl sites for hydroxylation is 1. The molecule has 0 bridgehead atoms. The molecule has 1 aromatic rings. The first-order chi connectivity index (χ1) is 5.63. The Labute approximate surface area is 69.4 Å². The van der Waals surface area contributed by atoms with Crippen LogP contribution in [0, 0.1) is 17.0 Å². The molecule has 0 radical (unpaired) electrons. The van der Waals surface area contributed by atoms with E-state index in [1.165, 1.54) is 6.07 Å². The van der Waals surface area contributed by atoms with Crippen molar-refractivity contribution in [1.82, 2.24) is 4.98 Å². The van der Waals surface area contributed by atoms with Crippen molar-refractivity contribution in [2.24, 2.45) is 5.73 Å². The molecule has 12 heavy (non-hydrogen) atoms. The normalized spacial score (nSPS) is 9.83. The van der Waals surface area contributed by atoms with Crippen molar-refractivity contribution >= 4 is 5.82 Å². The highest BCUT2D eigenvalue weighted by atomic mass is 16.6. The highest BCUT2D eigenvalue weighted by Gasteiger charge is 2.09. The molecule has 1 aromatic heterocycles. The molecular formula is C7H9N3O2. The lowest BCUT2D eigenvalue weighted by molar-refractivity contribution is -0.389. The second-order valence-electron chi connectivity index (χ2n) is 2.44. The van der Waals surface area contributed by atoms with Gasteiger partial charge in [-0.05, 0) is 21.5 Å². The molecule has 0 atom stereocenters. The maximum Gasteiger partial charge on any atom is 0.363 e. The van der Waals surface area contributed by atoms with E-state index in [0.29, 0.717) is 12.2 Å². The van der Waals surface area contributed by atoms with Crippen LogP contribution in [-0.4, -0.2) is 9.91 Å². The summed E-state index contributed by atoms with van der Waals surface area (Å²) in [5, 5.41) is 10.3. The van der Waals surface area contributed by atoms with Crippen LogP contribution in [-0.2, 0) is 6.54 Å². The fourth-order valence-electron chi connectivity index (χ4n) is 0.932. The van der Waals surface area contributed by atoms with Crippen LogP contribution in [0.2, 0.25) is 0 Å². The molecule has 0 amide bonds. The first-order valence-corrected chi connectivity index (χ1v) is 3.45. The number of pyridine rings is 1. The van der Waals surface area contributed by atoms with Gasteiger partial charge in [-0.1, -0.05) is 0 Å². The van der Waals surface area contributed by atoms with Crippen LogP contribution in [0.5, 0.6) is 0 Å². The average Bonchev–Trinajstić information content (AvgIpc) is 2.03. The molecule has 0 fully saturated rings. The van der Waals surface area contributed by atoms with Crippen LogP contribution < -0.4 is 5.73 Å². The Bertz CT molecular complexity index is 312. The van der Waals surface area contributed by atoms with Gasteiger partial charge in [-0.15, -0.1) is 0 Å². The number of nitrogens with two attached hydrogens (primary N) is 1. The minimum Gasteiger partial charge on any atom is -0.358 e. The van der Waals surface area contributed by atoms with Gasteiger partial charge in [-0.25, -0.2) is 0 Å². The van der Waals surface area contributed by atoms with E-state index in [1.807, 2.05) is 0 Å². The summed E-state index contributed by atoms with van der Waals surface area (Å²) in [7, 11) is 0. The molecule has 0 aliphatic carbocycles. The van der Waals surface area contributed by atoms with Gasteiger partial charge in [0.1, 0.15) is 5.69 Å². The van der Waals surface area contributed by atoms with Crippen molar-refractivity contribution in [3.8, 4) is 0 Å². The third kappa shape index (κ3) is 1.76. The second-order valence-corrected chi connectivity index (χ2v) is 2.44. The van der Waals surface area contributed by atoms with E-state index < -0.39 is 4.92 Å². The molecule has 1 rings (SSSR count). The fraction of sp³-hybridized carbons (Fsp3) is 0.286. The maximum absolute atomic E-state index is 10.3. The van der Waals surface area contributed by atoms with Gasteiger partial charge in [0.25, 0.3) is 0 Å². The molecule has 0 aliphatic rings. The van der Waals surface area contributed by atoms with Crippen LogP contribution in [0.1, 0.15) is 11.3 Å². The van der Waals surface area contributed by atoms with Gasteiger partial charge in [0.05, 0.1) is 0 Å². The summed E-state index contributed by atoms with van der Waals surface area (Å²) in [5.41, 5.74) is 6.68. The largest absolute Gasteiger partial charge is 0.363 e. The molecule has 0 aliphatic heterocycles. The van der Waals surface area contributed by atoms with Gasteiger partial charge in [0, 0.05) is 19.5 Å². The molecule has 1 heterocycles. The molecule has 2 N–H and O–H groups in total. The molecule has 0 saturated heterocycles. The number of nitro groups is 1. The first kappa shape index (κ1) is 8.61. The molecule has 5 heteroatoms. The zero-order valence-corrected chi connectivity index (χ0v) is 6.65. The maximum atomic E-state index is 10.3. The molecule has 0 saturated carbocycles. The predicted octanol–water partition coefficient (Wildman–Crippen LogP) is 0.757. The van der Waals surface area contributed by atoms with Gasteiger partial charge in [-0.2, -0.15) is 0 Å². The number of hydrogen-bond acceptors (Lipinski definition) is 4. The summed E-state index contributed by atoms with van der Waals surface area (Å²) >= 11 is 0. The van der Waals surface area contributed by atoms with Gasteiger partial charge in [0.15, 0.2) is 0 Å². The van der Waals surface area contributed by atoms with Crippen molar-refractivity contribution < 1.29 is 4.92 Å². The average molecular weight is 167 g/mol. The summed E-state index contributed by atoms with van der Waals surface area (Å²) < 4.78 is 0. The zero-order valence-electron chi connectivity index (χ0n) is 6.65. The highest BCUT2D eigenvalue weighted by molar-refractivity contribution is 5.28. The summed E-state index contributed by atoms with van der Waals surface area (Å²) in [4.78, 5) is 13.5. The molecule has 0 unspecified atom stereocenters. The van der Waals surface area contributed by atoms with Gasteiger partial charge in [-0.3, -0.25) is 0 Å². The molecule has 5 nitrogen and oxygen atoms in total. The summed E-state index contributed by atoms with van der Waals surface area (Å²) in [6, 6.07) is 3.11. The lowest BCUT2D eigenvalue weighted by Gasteiger charge is -1.96. The van der Waals surface area contributed by atoms with Gasteiger partial charge >= 0.3 is 5.82 Å². The molecule has 64 valence electrons. The van der Waals surface area contributed by atoms with Crippen LogP contribution in [0.15, 0.2) is 12.1 Å². The first-order valence-electron chi connectivity index (χ1n) is 3.45. The predicted molar refractivity (Wildman–Crippen MR) is 43.5 cm³/mol. The Kier molecular flexibility index (Phi) is 2.35. The van der Waals surface area contributed by atoms with Crippen LogP contribution in [0.3, 0.4) is 0 Å². The van der Waals surface area contributed by atoms with E-state index in [2.05, 4.69) is 4.98 Å². The summed E-state index contributed by atoms with van der Waals surface area (Å²) in [6.45, 7) is 2.00. The SMILES string of the molecule is Cc1cc(CN)cc([N+](=O)[O-])n1. The third-order valence-electron chi connectivity index (χ3n) is 1.42. The quantitative estimate of drug-likeness (QED) is 0.520. The number of rotatable bonds is 2. The number of nitrogens with zero attached hydrogens (tertiary/aromatic N) is 2. The fourth-order valence-corrected chi connectivity index (χ4v) is 0.932. The third-order valence-corrected chi connectivity index (χ3v) is 1.42. The standard InChI is InChI=1S/C7H9N3O2/c1-5-2-6(4-8)3-7(9-5)10(11)12/h2-3H,4,8H2,1H3. The monoisotopic (exact) mass is 167 g/mol. The van der Waals surface area contributed by atoms with Crippen molar-refractivity contribution in [3.05, 3.63) is 33.5 Å². The van der Waals surface area contributed by atoms with E-state index >= 15 is 0 Å². The van der Waals surface area contributed by atoms with Crippen molar-refractivity contribution in [1.29, 1.82) is 0 Å².